The lowest BCUT2D eigenvalue weighted by molar-refractivity contribution is 1.39. The smallest absolute Gasteiger partial charge is 0.00367 e. The van der Waals surface area contributed by atoms with E-state index in [0.29, 0.717) is 0 Å². The van der Waals surface area contributed by atoms with Gasteiger partial charge in [-0.2, -0.15) is 0 Å². The van der Waals surface area contributed by atoms with Gasteiger partial charge in [0.15, 0.2) is 0 Å². The summed E-state index contributed by atoms with van der Waals surface area (Å²) >= 11 is 0. The molecule has 1 heterocycles. The third kappa shape index (κ3) is 2.06. The van der Waals surface area contributed by atoms with Crippen molar-refractivity contribution in [3.05, 3.63) is 59.2 Å². The van der Waals surface area contributed by atoms with E-state index in [-0.39, 0.29) is 0 Å². The predicted octanol–water partition coefficient (Wildman–Crippen LogP) is 2.96. The maximum absolute atomic E-state index is 3.97. The minimum atomic E-state index is 0.883. The Balaban J connectivity index is 2.21. The van der Waals surface area contributed by atoms with Gasteiger partial charge in [0.2, 0.25) is 0 Å². The summed E-state index contributed by atoms with van der Waals surface area (Å²) in [5.74, 6) is 0. The van der Waals surface area contributed by atoms with E-state index in [1.54, 1.807) is 6.21 Å². The summed E-state index contributed by atoms with van der Waals surface area (Å²) in [6.07, 6.45) is 7.47. The van der Waals surface area contributed by atoms with Gasteiger partial charge < -0.3 is 10.5 Å². The molecule has 1 aliphatic rings. The molecule has 0 aliphatic carbocycles. The Morgan fingerprint density at radius 1 is 1.15 bits per heavy atom. The van der Waals surface area contributed by atoms with Gasteiger partial charge in [-0.15, -0.1) is 5.70 Å². The summed E-state index contributed by atoms with van der Waals surface area (Å²) in [4.78, 5) is 0. The van der Waals surface area contributed by atoms with Gasteiger partial charge in [0.05, 0.1) is 0 Å². The highest BCUT2D eigenvalue weighted by molar-refractivity contribution is 5.77. The monoisotopic (exact) mass is 169 g/mol. The molecule has 2 heteroatoms. The number of nitrogens with zero attached hydrogens (tertiary/aromatic N) is 2. The largest absolute Gasteiger partial charge is 0.576 e. The lowest BCUT2D eigenvalue weighted by atomic mass is 10.2. The molecule has 0 fully saturated rings. The maximum Gasteiger partial charge on any atom is 0.00367 e. The minimum absolute atomic E-state index is 0.883. The van der Waals surface area contributed by atoms with Crippen molar-refractivity contribution in [2.24, 2.45) is 5.10 Å². The maximum atomic E-state index is 3.97. The van der Waals surface area contributed by atoms with E-state index in [1.807, 2.05) is 48.6 Å². The van der Waals surface area contributed by atoms with Crippen molar-refractivity contribution in [2.75, 3.05) is 0 Å². The number of hydrogen-bond acceptors (Lipinski definition) is 1. The minimum Gasteiger partial charge on any atom is -0.576 e. The molecule has 0 unspecified atom stereocenters. The normalized spacial score (nSPS) is 17.4. The lowest BCUT2D eigenvalue weighted by Crippen LogP contribution is -1.81. The van der Waals surface area contributed by atoms with Crippen LogP contribution in [0.15, 0.2) is 53.3 Å². The Bertz CT molecular complexity index is 361. The predicted molar refractivity (Wildman–Crippen MR) is 55.4 cm³/mol. The third-order valence-corrected chi connectivity index (χ3v) is 1.71. The van der Waals surface area contributed by atoms with Crippen LogP contribution < -0.4 is 0 Å². The molecule has 1 aliphatic heterocycles. The topological polar surface area (TPSA) is 26.5 Å². The highest BCUT2D eigenvalue weighted by Gasteiger charge is 1.84. The Morgan fingerprint density at radius 3 is 2.69 bits per heavy atom. The Kier molecular flexibility index (Phi) is 2.23. The second-order valence-corrected chi connectivity index (χ2v) is 2.70. The zero-order chi connectivity index (χ0) is 8.93. The molecule has 64 valence electrons. The van der Waals surface area contributed by atoms with Crippen LogP contribution in [0.3, 0.4) is 0 Å². The van der Waals surface area contributed by atoms with E-state index in [1.165, 1.54) is 0 Å². The van der Waals surface area contributed by atoms with Crippen LogP contribution in [0.5, 0.6) is 0 Å². The molecule has 2 nitrogen and oxygen atoms in total. The van der Waals surface area contributed by atoms with Crippen molar-refractivity contribution in [3.8, 4) is 0 Å². The molecule has 0 bridgehead atoms. The van der Waals surface area contributed by atoms with E-state index in [0.717, 1.165) is 11.3 Å². The molecule has 13 heavy (non-hydrogen) atoms. The van der Waals surface area contributed by atoms with Crippen molar-refractivity contribution < 1.29 is 0 Å². The SMILES string of the molecule is C1=C/C(=C/c2ccccc2)[N-]N=C1. The summed E-state index contributed by atoms with van der Waals surface area (Å²) in [7, 11) is 0. The van der Waals surface area contributed by atoms with Crippen LogP contribution in [0, 0.1) is 0 Å². The summed E-state index contributed by atoms with van der Waals surface area (Å²) in [6, 6.07) is 10.1. The Morgan fingerprint density at radius 2 is 2.00 bits per heavy atom. The summed E-state index contributed by atoms with van der Waals surface area (Å²) in [5, 5.41) is 3.80. The highest BCUT2D eigenvalue weighted by Crippen LogP contribution is 2.15. The van der Waals surface area contributed by atoms with Crippen LogP contribution in [-0.4, -0.2) is 6.21 Å². The third-order valence-electron chi connectivity index (χ3n) is 1.71. The fourth-order valence-corrected chi connectivity index (χ4v) is 1.11. The number of rotatable bonds is 1. The fraction of sp³-hybridized carbons (Fsp3) is 0. The zero-order valence-corrected chi connectivity index (χ0v) is 7.09. The van der Waals surface area contributed by atoms with Gasteiger partial charge >= 0.3 is 0 Å². The molecule has 0 N–H and O–H groups in total. The standard InChI is InChI=1S/C11H9N2/c1-2-5-10(6-3-1)9-11-7-4-8-12-13-11/h1-9H/q-1/b11-9-. The average Bonchev–Trinajstić information content (AvgIpc) is 2.21. The quantitative estimate of drug-likeness (QED) is 0.618. The second kappa shape index (κ2) is 3.72. The average molecular weight is 169 g/mol. The molecule has 0 saturated heterocycles. The van der Waals surface area contributed by atoms with Gasteiger partial charge in [-0.3, -0.25) is 0 Å². The van der Waals surface area contributed by atoms with Gasteiger partial charge in [-0.05, 0) is 11.6 Å². The Hall–Kier alpha value is -1.83. The first-order chi connectivity index (χ1) is 6.45. The van der Waals surface area contributed by atoms with E-state index in [9.17, 15) is 0 Å². The van der Waals surface area contributed by atoms with Crippen LogP contribution in [-0.2, 0) is 0 Å². The molecule has 2 rings (SSSR count). The summed E-state index contributed by atoms with van der Waals surface area (Å²) in [6.45, 7) is 0. The fourth-order valence-electron chi connectivity index (χ4n) is 1.11. The lowest BCUT2D eigenvalue weighted by Gasteiger charge is -2.19. The van der Waals surface area contributed by atoms with Crippen molar-refractivity contribution in [3.63, 3.8) is 0 Å². The molecule has 0 atom stereocenters. The molecular weight excluding hydrogens is 160 g/mol. The molecule has 0 saturated carbocycles. The first-order valence-electron chi connectivity index (χ1n) is 4.13. The van der Waals surface area contributed by atoms with Gasteiger partial charge in [-0.25, -0.2) is 0 Å². The van der Waals surface area contributed by atoms with Crippen molar-refractivity contribution >= 4 is 12.3 Å². The van der Waals surface area contributed by atoms with Gasteiger partial charge in [-0.1, -0.05) is 42.5 Å². The van der Waals surface area contributed by atoms with Crippen LogP contribution in [0.25, 0.3) is 11.5 Å². The van der Waals surface area contributed by atoms with Crippen molar-refractivity contribution in [2.45, 2.75) is 0 Å². The first kappa shape index (κ1) is 7.80. The number of allylic oxidation sites excluding steroid dienone is 2. The van der Waals surface area contributed by atoms with Crippen LogP contribution >= 0.6 is 0 Å². The molecule has 0 aromatic heterocycles. The molecule has 1 aromatic rings. The van der Waals surface area contributed by atoms with Crippen molar-refractivity contribution in [1.29, 1.82) is 0 Å². The van der Waals surface area contributed by atoms with Crippen LogP contribution in [0.4, 0.5) is 0 Å². The van der Waals surface area contributed by atoms with Crippen LogP contribution in [0.1, 0.15) is 5.56 Å². The Labute approximate surface area is 77.3 Å². The molecule has 0 radical (unpaired) electrons. The van der Waals surface area contributed by atoms with E-state index < -0.39 is 0 Å². The molecule has 0 spiro atoms. The number of hydrogen-bond donors (Lipinski definition) is 0. The van der Waals surface area contributed by atoms with E-state index >= 15 is 0 Å². The molecular formula is C11H9N2-. The summed E-state index contributed by atoms with van der Waals surface area (Å²) < 4.78 is 0. The van der Waals surface area contributed by atoms with E-state index in [4.69, 9.17) is 0 Å². The van der Waals surface area contributed by atoms with Gasteiger partial charge in [0, 0.05) is 6.21 Å². The highest BCUT2D eigenvalue weighted by atomic mass is 15.3. The van der Waals surface area contributed by atoms with Gasteiger partial charge in [0.25, 0.3) is 0 Å². The van der Waals surface area contributed by atoms with E-state index in [2.05, 4.69) is 10.5 Å². The first-order valence-corrected chi connectivity index (χ1v) is 4.13. The number of benzene rings is 1. The van der Waals surface area contributed by atoms with Crippen LogP contribution in [0.2, 0.25) is 0 Å². The molecule has 0 amide bonds. The summed E-state index contributed by atoms with van der Waals surface area (Å²) in [5.41, 5.74) is 5.99. The zero-order valence-electron chi connectivity index (χ0n) is 7.09. The van der Waals surface area contributed by atoms with Crippen molar-refractivity contribution in [1.82, 2.24) is 0 Å². The molecule has 1 aromatic carbocycles. The van der Waals surface area contributed by atoms with Gasteiger partial charge in [0.1, 0.15) is 0 Å². The second-order valence-electron chi connectivity index (χ2n) is 2.70.